The monoisotopic (exact) mass is 467 g/mol. The molecule has 1 aromatic heterocycles. The Hall–Kier alpha value is -3.04. The van der Waals surface area contributed by atoms with Gasteiger partial charge in [0.05, 0.1) is 23.2 Å². The zero-order valence-corrected chi connectivity index (χ0v) is 19.5. The fourth-order valence-electron chi connectivity index (χ4n) is 4.60. The number of ether oxygens (including phenoxy) is 1. The molecule has 1 fully saturated rings. The number of piperidine rings is 1. The lowest BCUT2D eigenvalue weighted by Gasteiger charge is -2.35. The van der Waals surface area contributed by atoms with Crippen molar-refractivity contribution in [1.29, 1.82) is 0 Å². The van der Waals surface area contributed by atoms with Gasteiger partial charge in [0, 0.05) is 19.0 Å². The number of halogens is 1. The number of amidine groups is 1. The molecule has 0 spiro atoms. The number of carbonyl (C=O) groups excluding carboxylic acids is 1. The van der Waals surface area contributed by atoms with Crippen LogP contribution >= 0.6 is 11.3 Å². The highest BCUT2D eigenvalue weighted by atomic mass is 32.1. The van der Waals surface area contributed by atoms with Crippen molar-refractivity contribution >= 4 is 23.1 Å². The summed E-state index contributed by atoms with van der Waals surface area (Å²) in [5.41, 5.74) is 2.36. The van der Waals surface area contributed by atoms with E-state index in [-0.39, 0.29) is 18.6 Å². The summed E-state index contributed by atoms with van der Waals surface area (Å²) in [6.45, 7) is 2.71. The number of thiazole rings is 1. The predicted molar refractivity (Wildman–Crippen MR) is 126 cm³/mol. The van der Waals surface area contributed by atoms with E-state index in [0.717, 1.165) is 40.4 Å². The van der Waals surface area contributed by atoms with Gasteiger partial charge in [0.2, 0.25) is 12.4 Å². The zero-order valence-electron chi connectivity index (χ0n) is 18.7. The van der Waals surface area contributed by atoms with Crippen LogP contribution < -0.4 is 4.90 Å². The third kappa shape index (κ3) is 4.30. The molecule has 171 valence electrons. The quantitative estimate of drug-likeness (QED) is 0.478. The first-order valence-electron chi connectivity index (χ1n) is 11.1. The van der Waals surface area contributed by atoms with E-state index >= 15 is 0 Å². The zero-order chi connectivity index (χ0) is 22.9. The Bertz CT molecular complexity index is 1140. The van der Waals surface area contributed by atoms with Crippen molar-refractivity contribution in [3.63, 3.8) is 0 Å². The van der Waals surface area contributed by atoms with E-state index in [4.69, 9.17) is 9.73 Å². The van der Waals surface area contributed by atoms with Gasteiger partial charge >= 0.3 is 5.84 Å². The van der Waals surface area contributed by atoms with Crippen LogP contribution in [0, 0.1) is 6.92 Å². The van der Waals surface area contributed by atoms with Gasteiger partial charge in [0.1, 0.15) is 11.4 Å². The molecule has 3 aliphatic rings. The summed E-state index contributed by atoms with van der Waals surface area (Å²) in [5.74, 6) is 0.966. The fraction of sp³-hybridized carbons (Fsp3) is 0.375. The summed E-state index contributed by atoms with van der Waals surface area (Å²) in [4.78, 5) is 27.6. The summed E-state index contributed by atoms with van der Waals surface area (Å²) in [7, 11) is 1.51. The maximum Gasteiger partial charge on any atom is 0.328 e. The van der Waals surface area contributed by atoms with Gasteiger partial charge in [0.15, 0.2) is 6.20 Å². The van der Waals surface area contributed by atoms with Crippen LogP contribution in [0.2, 0.25) is 0 Å². The minimum atomic E-state index is -0.0284. The molecule has 1 saturated heterocycles. The van der Waals surface area contributed by atoms with Gasteiger partial charge in [0.25, 0.3) is 5.91 Å². The van der Waals surface area contributed by atoms with Crippen LogP contribution in [0.3, 0.4) is 0 Å². The van der Waals surface area contributed by atoms with Gasteiger partial charge in [-0.2, -0.15) is 10.1 Å². The Kier molecular flexibility index (Phi) is 5.99. The summed E-state index contributed by atoms with van der Waals surface area (Å²) in [6, 6.07) is 9.97. The van der Waals surface area contributed by atoms with Crippen LogP contribution in [-0.2, 0) is 4.74 Å². The number of aromatic nitrogens is 1. The smallest absolute Gasteiger partial charge is 0.328 e. The van der Waals surface area contributed by atoms with E-state index in [1.807, 2.05) is 48.4 Å². The number of hydrogen-bond acceptors (Lipinski definition) is 7. The van der Waals surface area contributed by atoms with Crippen LogP contribution in [0.1, 0.15) is 41.2 Å². The average Bonchev–Trinajstić information content (AvgIpc) is 3.42. The van der Waals surface area contributed by atoms with E-state index in [1.54, 1.807) is 16.2 Å². The maximum absolute atomic E-state index is 13.9. The number of benzene rings is 1. The van der Waals surface area contributed by atoms with Crippen molar-refractivity contribution < 1.29 is 14.0 Å². The van der Waals surface area contributed by atoms with E-state index in [2.05, 4.69) is 4.98 Å². The summed E-state index contributed by atoms with van der Waals surface area (Å²) in [5, 5.41) is 1.45. The molecule has 3 aliphatic heterocycles. The highest BCUT2D eigenvalue weighted by Gasteiger charge is 2.40. The van der Waals surface area contributed by atoms with Crippen molar-refractivity contribution in [2.45, 2.75) is 38.6 Å². The molecule has 0 unspecified atom stereocenters. The van der Waals surface area contributed by atoms with E-state index in [9.17, 15) is 9.28 Å². The van der Waals surface area contributed by atoms with Crippen LogP contribution in [0.5, 0.6) is 0 Å². The Morgan fingerprint density at radius 2 is 2.12 bits per heavy atom. The molecule has 0 aliphatic carbocycles. The molecule has 1 radical (unpaired) electrons. The minimum absolute atomic E-state index is 0.0188. The number of aryl methyl sites for hydroxylation is 1. The first-order chi connectivity index (χ1) is 16.0. The number of rotatable bonds is 5. The largest absolute Gasteiger partial charge is 0.488 e. The number of nitrogens with zero attached hydrogens (tertiary/aromatic N) is 5. The molecular formula is C24H26FN5O2S+. The second-order valence-corrected chi connectivity index (χ2v) is 9.60. The van der Waals surface area contributed by atoms with E-state index in [1.165, 1.54) is 13.3 Å². The first-order valence-corrected chi connectivity index (χ1v) is 11.9. The third-order valence-corrected chi connectivity index (χ3v) is 7.14. The summed E-state index contributed by atoms with van der Waals surface area (Å²) >= 11 is 1.55. The number of hydrogen-bond donors (Lipinski definition) is 0. The highest BCUT2D eigenvalue weighted by Crippen LogP contribution is 2.34. The van der Waals surface area contributed by atoms with Gasteiger partial charge in [-0.3, -0.25) is 4.79 Å². The molecule has 33 heavy (non-hydrogen) atoms. The van der Waals surface area contributed by atoms with Gasteiger partial charge in [-0.1, -0.05) is 39.7 Å². The number of fused-ring (bicyclic) bond motifs is 1. The van der Waals surface area contributed by atoms with Crippen molar-refractivity contribution in [3.8, 4) is 10.4 Å². The molecule has 1 aromatic carbocycles. The molecule has 2 aromatic rings. The standard InChI is InChI=1S/C24H26FN5O2S/c1-16-26-21(22(33-16)17-8-4-3-5-9-17)24(31)30-11-7-6-10-19(30)12-18-13-28-15-29(25)14-20(32-2)23(28)27-18/h3-5,8-9,13-14,19H,6-7,10-12,15H2,1-2H3/q+1/t19-/m0/s1. The van der Waals surface area contributed by atoms with Crippen LogP contribution in [-0.4, -0.2) is 53.1 Å². The molecule has 1 atom stereocenters. The Labute approximate surface area is 196 Å². The Morgan fingerprint density at radius 1 is 1.30 bits per heavy atom. The van der Waals surface area contributed by atoms with Crippen LogP contribution in [0.4, 0.5) is 4.48 Å². The average molecular weight is 468 g/mol. The van der Waals surface area contributed by atoms with Crippen molar-refractivity contribution in [2.24, 2.45) is 4.99 Å². The Morgan fingerprint density at radius 3 is 2.91 bits per heavy atom. The molecule has 9 heteroatoms. The third-order valence-electron chi connectivity index (χ3n) is 6.12. The van der Waals surface area contributed by atoms with Gasteiger partial charge in [-0.05, 0) is 31.7 Å². The summed E-state index contributed by atoms with van der Waals surface area (Å²) < 4.78 is 19.2. The van der Waals surface area contributed by atoms with E-state index < -0.39 is 0 Å². The fourth-order valence-corrected chi connectivity index (χ4v) is 5.52. The lowest BCUT2D eigenvalue weighted by atomic mass is 9.97. The van der Waals surface area contributed by atoms with Gasteiger partial charge < -0.3 is 9.64 Å². The van der Waals surface area contributed by atoms with Crippen molar-refractivity contribution in [3.05, 3.63) is 64.9 Å². The molecule has 0 bridgehead atoms. The van der Waals surface area contributed by atoms with Crippen molar-refractivity contribution in [2.75, 3.05) is 20.3 Å². The lowest BCUT2D eigenvalue weighted by Crippen LogP contribution is -2.44. The predicted octanol–water partition coefficient (Wildman–Crippen LogP) is 4.54. The topological polar surface area (TPSA) is 63.9 Å². The number of likely N-dealkylation sites (tertiary alicyclic amines) is 1. The molecule has 0 saturated carbocycles. The first kappa shape index (κ1) is 21.8. The molecular weight excluding hydrogens is 441 g/mol. The maximum atomic E-state index is 13.9. The highest BCUT2D eigenvalue weighted by molar-refractivity contribution is 7.15. The Balaban J connectivity index is 1.39. The molecule has 0 N–H and O–H groups in total. The van der Waals surface area contributed by atoms with Crippen molar-refractivity contribution in [1.82, 2.24) is 19.9 Å². The van der Waals surface area contributed by atoms with Gasteiger partial charge in [-0.15, -0.1) is 11.3 Å². The SMILES string of the molecule is COC1=CN(F)C[N+]2C=C(C[C@@H]3CCCCN3C(=O)c3nc(C)sc3-c3ccccc3)N=C12. The normalized spacial score (nSPS) is 20.8. The van der Waals surface area contributed by atoms with Crippen LogP contribution in [0.25, 0.3) is 10.4 Å². The number of amides is 1. The molecule has 4 heterocycles. The second-order valence-electron chi connectivity index (χ2n) is 8.39. The molecule has 5 rings (SSSR count). The number of aliphatic imine (C=N–C) groups is 1. The number of carbonyl (C=O) groups is 1. The van der Waals surface area contributed by atoms with E-state index in [0.29, 0.717) is 35.4 Å². The van der Waals surface area contributed by atoms with Crippen LogP contribution in [0.15, 0.2) is 59.2 Å². The van der Waals surface area contributed by atoms with Gasteiger partial charge in [-0.25, -0.2) is 4.98 Å². The second kappa shape index (κ2) is 9.07. The number of methoxy groups -OCH3 is 1. The summed E-state index contributed by atoms with van der Waals surface area (Å²) in [6.07, 6.45) is 6.70. The molecule has 7 nitrogen and oxygen atoms in total. The minimum Gasteiger partial charge on any atom is -0.488 e. The lowest BCUT2D eigenvalue weighted by molar-refractivity contribution is 0.0606. The molecule has 1 amide bonds.